The van der Waals surface area contributed by atoms with Gasteiger partial charge in [-0.05, 0) is 5.57 Å². The maximum Gasteiger partial charge on any atom is 1.00 e. The average Bonchev–Trinajstić information content (AvgIpc) is 2.21. The van der Waals surface area contributed by atoms with E-state index in [9.17, 15) is 0 Å². The fourth-order valence-electron chi connectivity index (χ4n) is 1.26. The summed E-state index contributed by atoms with van der Waals surface area (Å²) in [5, 5.41) is 0. The summed E-state index contributed by atoms with van der Waals surface area (Å²) in [6.45, 7) is 0. The third kappa shape index (κ3) is 3.11. The minimum absolute atomic E-state index is 0. The van der Waals surface area contributed by atoms with Crippen LogP contribution in [-0.2, 0) is 0 Å². The molecule has 0 bridgehead atoms. The molecule has 13 heavy (non-hydrogen) atoms. The third-order valence-electron chi connectivity index (χ3n) is 1.88. The minimum Gasteiger partial charge on any atom is -0.172 e. The van der Waals surface area contributed by atoms with Crippen LogP contribution in [0, 0.1) is 12.8 Å². The van der Waals surface area contributed by atoms with E-state index in [1.165, 1.54) is 11.1 Å². The second-order valence-electron chi connectivity index (χ2n) is 2.73. The number of rotatable bonds is 0. The van der Waals surface area contributed by atoms with Crippen LogP contribution in [0.5, 0.6) is 0 Å². The van der Waals surface area contributed by atoms with Gasteiger partial charge in [-0.1, -0.05) is 24.3 Å². The van der Waals surface area contributed by atoms with E-state index in [2.05, 4.69) is 48.6 Å². The van der Waals surface area contributed by atoms with E-state index in [0.717, 1.165) is 0 Å². The van der Waals surface area contributed by atoms with Gasteiger partial charge in [0.05, 0.1) is 0 Å². The second kappa shape index (κ2) is 5.84. The molecular formula is C12H10K. The van der Waals surface area contributed by atoms with Gasteiger partial charge in [-0.3, -0.25) is 0 Å². The molecule has 1 radical (unpaired) electrons. The smallest absolute Gasteiger partial charge is 0.172 e. The van der Waals surface area contributed by atoms with Crippen LogP contribution in [0.2, 0.25) is 0 Å². The largest absolute Gasteiger partial charge is 1.00 e. The van der Waals surface area contributed by atoms with Crippen LogP contribution in [-0.4, -0.2) is 0 Å². The van der Waals surface area contributed by atoms with Crippen molar-refractivity contribution in [1.29, 1.82) is 0 Å². The molecule has 0 aromatic carbocycles. The summed E-state index contributed by atoms with van der Waals surface area (Å²) in [6.07, 6.45) is 20.8. The van der Waals surface area contributed by atoms with Crippen molar-refractivity contribution in [3.05, 3.63) is 72.6 Å². The van der Waals surface area contributed by atoms with Gasteiger partial charge >= 0.3 is 51.4 Å². The van der Waals surface area contributed by atoms with Gasteiger partial charge in [-0.15, -0.1) is 5.57 Å². The van der Waals surface area contributed by atoms with E-state index in [4.69, 9.17) is 0 Å². The SMILES string of the molecule is [CH]1C=CC(=C2C=C[CH-]C=C2)C=C1.[K+]. The Morgan fingerprint density at radius 3 is 1.92 bits per heavy atom. The molecule has 0 aromatic rings. The van der Waals surface area contributed by atoms with Gasteiger partial charge in [-0.2, -0.15) is 30.7 Å². The van der Waals surface area contributed by atoms with Crippen LogP contribution in [0.25, 0.3) is 0 Å². The Bertz CT molecular complexity index is 254. The first-order valence-electron chi connectivity index (χ1n) is 4.07. The average molecular weight is 193 g/mol. The number of hydrogen-bond donors (Lipinski definition) is 0. The molecule has 0 nitrogen and oxygen atoms in total. The first-order chi connectivity index (χ1) is 5.97. The Kier molecular flexibility index (Phi) is 5.07. The van der Waals surface area contributed by atoms with Crippen molar-refractivity contribution in [2.75, 3.05) is 0 Å². The predicted octanol–water partition coefficient (Wildman–Crippen LogP) is -0.0524. The van der Waals surface area contributed by atoms with E-state index in [0.29, 0.717) is 0 Å². The van der Waals surface area contributed by atoms with Gasteiger partial charge in [0.2, 0.25) is 0 Å². The van der Waals surface area contributed by atoms with E-state index in [-0.39, 0.29) is 51.4 Å². The van der Waals surface area contributed by atoms with E-state index < -0.39 is 0 Å². The van der Waals surface area contributed by atoms with Crippen molar-refractivity contribution in [3.63, 3.8) is 0 Å². The molecule has 59 valence electrons. The Morgan fingerprint density at radius 1 is 0.769 bits per heavy atom. The van der Waals surface area contributed by atoms with Gasteiger partial charge in [-0.25, -0.2) is 0 Å². The summed E-state index contributed by atoms with van der Waals surface area (Å²) in [5.41, 5.74) is 2.55. The molecule has 0 atom stereocenters. The molecule has 0 unspecified atom stereocenters. The molecule has 1 heteroatoms. The summed E-state index contributed by atoms with van der Waals surface area (Å²) in [4.78, 5) is 0. The Balaban J connectivity index is 0.000000845. The van der Waals surface area contributed by atoms with E-state index in [1.54, 1.807) is 0 Å². The van der Waals surface area contributed by atoms with Crippen molar-refractivity contribution in [3.8, 4) is 0 Å². The number of hydrogen-bond acceptors (Lipinski definition) is 0. The quantitative estimate of drug-likeness (QED) is 0.374. The van der Waals surface area contributed by atoms with Crippen molar-refractivity contribution in [2.45, 2.75) is 0 Å². The van der Waals surface area contributed by atoms with Gasteiger partial charge in [0.1, 0.15) is 0 Å². The molecule has 0 saturated heterocycles. The van der Waals surface area contributed by atoms with Crippen molar-refractivity contribution in [1.82, 2.24) is 0 Å². The van der Waals surface area contributed by atoms with Crippen molar-refractivity contribution < 1.29 is 51.4 Å². The summed E-state index contributed by atoms with van der Waals surface area (Å²) in [5.74, 6) is 0. The molecular weight excluding hydrogens is 183 g/mol. The molecule has 0 heterocycles. The van der Waals surface area contributed by atoms with E-state index in [1.807, 2.05) is 12.8 Å². The maximum atomic E-state index is 2.12. The van der Waals surface area contributed by atoms with Crippen LogP contribution in [0.1, 0.15) is 0 Å². The third-order valence-corrected chi connectivity index (χ3v) is 1.88. The summed E-state index contributed by atoms with van der Waals surface area (Å²) < 4.78 is 0. The van der Waals surface area contributed by atoms with Gasteiger partial charge in [0, 0.05) is 6.42 Å². The summed E-state index contributed by atoms with van der Waals surface area (Å²) >= 11 is 0. The second-order valence-corrected chi connectivity index (χ2v) is 2.73. The summed E-state index contributed by atoms with van der Waals surface area (Å²) in [6, 6.07) is 0. The minimum atomic E-state index is 0. The molecule has 0 aromatic heterocycles. The normalized spacial score (nSPS) is 18.5. The zero-order valence-corrected chi connectivity index (χ0v) is 10.9. The van der Waals surface area contributed by atoms with Crippen LogP contribution >= 0.6 is 0 Å². The van der Waals surface area contributed by atoms with Crippen LogP contribution < -0.4 is 51.4 Å². The fraction of sp³-hybridized carbons (Fsp3) is 0. The summed E-state index contributed by atoms with van der Waals surface area (Å²) in [7, 11) is 0. The molecule has 2 rings (SSSR count). The predicted molar refractivity (Wildman–Crippen MR) is 52.2 cm³/mol. The van der Waals surface area contributed by atoms with Gasteiger partial charge < -0.3 is 0 Å². The monoisotopic (exact) mass is 193 g/mol. The van der Waals surface area contributed by atoms with E-state index >= 15 is 0 Å². The van der Waals surface area contributed by atoms with Crippen LogP contribution in [0.15, 0.2) is 59.8 Å². The van der Waals surface area contributed by atoms with Crippen LogP contribution in [0.3, 0.4) is 0 Å². The first-order valence-corrected chi connectivity index (χ1v) is 4.07. The topological polar surface area (TPSA) is 0 Å². The van der Waals surface area contributed by atoms with Gasteiger partial charge in [0.15, 0.2) is 0 Å². The molecule has 0 N–H and O–H groups in total. The number of allylic oxidation sites excluding steroid dienone is 10. The van der Waals surface area contributed by atoms with Crippen molar-refractivity contribution >= 4 is 0 Å². The van der Waals surface area contributed by atoms with Crippen LogP contribution in [0.4, 0.5) is 0 Å². The molecule has 0 saturated carbocycles. The zero-order valence-electron chi connectivity index (χ0n) is 7.77. The maximum absolute atomic E-state index is 2.12. The Labute approximate surface area is 122 Å². The zero-order chi connectivity index (χ0) is 8.23. The Morgan fingerprint density at radius 2 is 1.31 bits per heavy atom. The Hall–Kier alpha value is 0.206. The first kappa shape index (κ1) is 11.3. The molecule has 0 spiro atoms. The molecule has 2 aliphatic carbocycles. The van der Waals surface area contributed by atoms with Gasteiger partial charge in [0.25, 0.3) is 0 Å². The fourth-order valence-corrected chi connectivity index (χ4v) is 1.26. The standard InChI is InChI=1S/C12H10.K/c1-3-7-11(8-4-1)12-9-5-2-6-10-12;/h1-10H;/q-1;+1. The molecule has 0 aliphatic heterocycles. The molecule has 2 aliphatic rings. The molecule has 0 amide bonds. The molecule has 0 fully saturated rings. The van der Waals surface area contributed by atoms with Crippen molar-refractivity contribution in [2.24, 2.45) is 0 Å².